The lowest BCUT2D eigenvalue weighted by Gasteiger charge is -2.20. The molecule has 0 aliphatic carbocycles. The second-order valence-electron chi connectivity index (χ2n) is 3.20. The third kappa shape index (κ3) is 2.84. The fourth-order valence-electron chi connectivity index (χ4n) is 1.58. The van der Waals surface area contributed by atoms with Crippen molar-refractivity contribution in [2.24, 2.45) is 5.73 Å². The summed E-state index contributed by atoms with van der Waals surface area (Å²) in [5.41, 5.74) is 6.64. The average molecular weight is 229 g/mol. The maximum absolute atomic E-state index is 6.14. The third-order valence-corrected chi connectivity index (χ3v) is 2.60. The number of hydrogen-bond donors (Lipinski definition) is 2. The maximum Gasteiger partial charge on any atom is 0.125 e. The Kier molecular flexibility index (Phi) is 4.88. The number of nitrogens with two attached hydrogens (primary N) is 1. The standard InChI is InChI=1S/C11H17ClN2O/c1-3-14-9(7-13)11-8(12)5-4-6-10(11)15-2/h4-6,9,14H,3,7,13H2,1-2H3. The van der Waals surface area contributed by atoms with Crippen LogP contribution in [0.5, 0.6) is 5.75 Å². The second kappa shape index (κ2) is 5.95. The third-order valence-electron chi connectivity index (χ3n) is 2.27. The highest BCUT2D eigenvalue weighted by Gasteiger charge is 2.16. The van der Waals surface area contributed by atoms with Crippen molar-refractivity contribution in [3.63, 3.8) is 0 Å². The van der Waals surface area contributed by atoms with Crippen LogP contribution >= 0.6 is 11.6 Å². The van der Waals surface area contributed by atoms with Crippen molar-refractivity contribution in [1.29, 1.82) is 0 Å². The SMILES string of the molecule is CCNC(CN)c1c(Cl)cccc1OC. The lowest BCUT2D eigenvalue weighted by Crippen LogP contribution is -2.28. The summed E-state index contributed by atoms with van der Waals surface area (Å²) in [6.45, 7) is 3.37. The molecule has 0 saturated heterocycles. The van der Waals surface area contributed by atoms with Crippen LogP contribution in [-0.4, -0.2) is 20.2 Å². The lowest BCUT2D eigenvalue weighted by atomic mass is 10.1. The highest BCUT2D eigenvalue weighted by Crippen LogP contribution is 2.31. The Morgan fingerprint density at radius 1 is 1.53 bits per heavy atom. The van der Waals surface area contributed by atoms with Crippen molar-refractivity contribution in [1.82, 2.24) is 5.32 Å². The van der Waals surface area contributed by atoms with Crippen molar-refractivity contribution in [3.05, 3.63) is 28.8 Å². The molecule has 0 radical (unpaired) electrons. The zero-order valence-electron chi connectivity index (χ0n) is 9.09. The molecule has 3 nitrogen and oxygen atoms in total. The Hall–Kier alpha value is -0.770. The molecule has 4 heteroatoms. The first-order valence-corrected chi connectivity index (χ1v) is 5.38. The monoisotopic (exact) mass is 228 g/mol. The molecule has 0 bridgehead atoms. The summed E-state index contributed by atoms with van der Waals surface area (Å²) in [5, 5.41) is 3.96. The molecule has 1 rings (SSSR count). The van der Waals surface area contributed by atoms with Crippen molar-refractivity contribution in [2.45, 2.75) is 13.0 Å². The average Bonchev–Trinajstić information content (AvgIpc) is 2.26. The van der Waals surface area contributed by atoms with Gasteiger partial charge in [-0.15, -0.1) is 0 Å². The molecule has 1 aromatic carbocycles. The van der Waals surface area contributed by atoms with E-state index in [0.717, 1.165) is 17.9 Å². The molecule has 0 spiro atoms. The van der Waals surface area contributed by atoms with Gasteiger partial charge < -0.3 is 15.8 Å². The predicted molar refractivity (Wildman–Crippen MR) is 63.5 cm³/mol. The van der Waals surface area contributed by atoms with E-state index in [2.05, 4.69) is 5.32 Å². The molecule has 0 aliphatic heterocycles. The van der Waals surface area contributed by atoms with Gasteiger partial charge in [-0.05, 0) is 18.7 Å². The summed E-state index contributed by atoms with van der Waals surface area (Å²) in [6.07, 6.45) is 0. The van der Waals surface area contributed by atoms with Gasteiger partial charge in [0.05, 0.1) is 7.11 Å². The van der Waals surface area contributed by atoms with Gasteiger partial charge in [0.2, 0.25) is 0 Å². The Bertz CT molecular complexity index is 317. The number of hydrogen-bond acceptors (Lipinski definition) is 3. The van der Waals surface area contributed by atoms with Gasteiger partial charge in [0.1, 0.15) is 5.75 Å². The van der Waals surface area contributed by atoms with Crippen LogP contribution in [0.1, 0.15) is 18.5 Å². The summed E-state index contributed by atoms with van der Waals surface area (Å²) in [5.74, 6) is 0.777. The molecule has 0 fully saturated rings. The summed E-state index contributed by atoms with van der Waals surface area (Å²) in [7, 11) is 1.63. The summed E-state index contributed by atoms with van der Waals surface area (Å²) in [4.78, 5) is 0. The van der Waals surface area contributed by atoms with Gasteiger partial charge in [0.25, 0.3) is 0 Å². The van der Waals surface area contributed by atoms with Crippen molar-refractivity contribution in [2.75, 3.05) is 20.2 Å². The van der Waals surface area contributed by atoms with E-state index >= 15 is 0 Å². The van der Waals surface area contributed by atoms with E-state index in [1.807, 2.05) is 25.1 Å². The van der Waals surface area contributed by atoms with Gasteiger partial charge in [0.15, 0.2) is 0 Å². The van der Waals surface area contributed by atoms with Gasteiger partial charge in [-0.3, -0.25) is 0 Å². The van der Waals surface area contributed by atoms with E-state index in [1.54, 1.807) is 7.11 Å². The summed E-state index contributed by atoms with van der Waals surface area (Å²) in [6, 6.07) is 5.64. The molecular weight excluding hydrogens is 212 g/mol. The number of halogens is 1. The van der Waals surface area contributed by atoms with Gasteiger partial charge >= 0.3 is 0 Å². The minimum Gasteiger partial charge on any atom is -0.496 e. The predicted octanol–water partition coefficient (Wildman–Crippen LogP) is 1.96. The number of benzene rings is 1. The normalized spacial score (nSPS) is 12.5. The minimum atomic E-state index is 0.0404. The number of methoxy groups -OCH3 is 1. The first-order valence-electron chi connectivity index (χ1n) is 5.00. The molecule has 15 heavy (non-hydrogen) atoms. The Morgan fingerprint density at radius 2 is 2.27 bits per heavy atom. The molecule has 0 amide bonds. The maximum atomic E-state index is 6.14. The van der Waals surface area contributed by atoms with E-state index in [-0.39, 0.29) is 6.04 Å². The van der Waals surface area contributed by atoms with E-state index in [0.29, 0.717) is 11.6 Å². The van der Waals surface area contributed by atoms with Crippen LogP contribution in [0.2, 0.25) is 5.02 Å². The summed E-state index contributed by atoms with van der Waals surface area (Å²) >= 11 is 6.14. The van der Waals surface area contributed by atoms with Crippen LogP contribution in [0, 0.1) is 0 Å². The van der Waals surface area contributed by atoms with E-state index in [4.69, 9.17) is 22.1 Å². The molecule has 0 aliphatic rings. The highest BCUT2D eigenvalue weighted by molar-refractivity contribution is 6.31. The van der Waals surface area contributed by atoms with E-state index in [1.165, 1.54) is 0 Å². The van der Waals surface area contributed by atoms with Crippen LogP contribution in [-0.2, 0) is 0 Å². The molecule has 0 aromatic heterocycles. The Labute approximate surface area is 95.6 Å². The van der Waals surface area contributed by atoms with Gasteiger partial charge in [-0.25, -0.2) is 0 Å². The van der Waals surface area contributed by atoms with Crippen molar-refractivity contribution >= 4 is 11.6 Å². The van der Waals surface area contributed by atoms with Crippen LogP contribution in [0.15, 0.2) is 18.2 Å². The molecular formula is C11H17ClN2O. The number of rotatable bonds is 5. The quantitative estimate of drug-likeness (QED) is 0.810. The van der Waals surface area contributed by atoms with Gasteiger partial charge in [0, 0.05) is 23.2 Å². The Balaban J connectivity index is 3.08. The number of likely N-dealkylation sites (N-methyl/N-ethyl adjacent to an activating group) is 1. The molecule has 1 unspecified atom stereocenters. The lowest BCUT2D eigenvalue weighted by molar-refractivity contribution is 0.400. The van der Waals surface area contributed by atoms with Gasteiger partial charge in [-0.2, -0.15) is 0 Å². The molecule has 1 aromatic rings. The zero-order valence-corrected chi connectivity index (χ0v) is 9.84. The first kappa shape index (κ1) is 12.3. The molecule has 84 valence electrons. The van der Waals surface area contributed by atoms with E-state index in [9.17, 15) is 0 Å². The van der Waals surface area contributed by atoms with Gasteiger partial charge in [-0.1, -0.05) is 24.6 Å². The fraction of sp³-hybridized carbons (Fsp3) is 0.455. The number of nitrogens with one attached hydrogen (secondary N) is 1. The zero-order chi connectivity index (χ0) is 11.3. The first-order chi connectivity index (χ1) is 7.24. The minimum absolute atomic E-state index is 0.0404. The van der Waals surface area contributed by atoms with Crippen molar-refractivity contribution < 1.29 is 4.74 Å². The van der Waals surface area contributed by atoms with Crippen LogP contribution in [0.3, 0.4) is 0 Å². The van der Waals surface area contributed by atoms with Crippen LogP contribution in [0.25, 0.3) is 0 Å². The fourth-order valence-corrected chi connectivity index (χ4v) is 1.88. The molecule has 1 atom stereocenters. The van der Waals surface area contributed by atoms with Crippen LogP contribution in [0.4, 0.5) is 0 Å². The smallest absolute Gasteiger partial charge is 0.125 e. The van der Waals surface area contributed by atoms with Crippen LogP contribution < -0.4 is 15.8 Å². The summed E-state index contributed by atoms with van der Waals surface area (Å²) < 4.78 is 5.28. The second-order valence-corrected chi connectivity index (χ2v) is 3.61. The largest absolute Gasteiger partial charge is 0.496 e. The number of ether oxygens (including phenoxy) is 1. The molecule has 3 N–H and O–H groups in total. The topological polar surface area (TPSA) is 47.3 Å². The highest BCUT2D eigenvalue weighted by atomic mass is 35.5. The van der Waals surface area contributed by atoms with Crippen molar-refractivity contribution in [3.8, 4) is 5.75 Å². The Morgan fingerprint density at radius 3 is 2.80 bits per heavy atom. The van der Waals surface area contributed by atoms with E-state index < -0.39 is 0 Å². The molecule has 0 saturated carbocycles. The molecule has 0 heterocycles.